The quantitative estimate of drug-likeness (QED) is 0.386. The summed E-state index contributed by atoms with van der Waals surface area (Å²) in [5, 5.41) is 58.0. The maximum absolute atomic E-state index is 10.7. The normalized spacial score (nSPS) is 30.5. The van der Waals surface area contributed by atoms with Gasteiger partial charge >= 0.3 is 0 Å². The fourth-order valence-corrected chi connectivity index (χ4v) is 2.11. The van der Waals surface area contributed by atoms with Gasteiger partial charge < -0.3 is 29.9 Å². The first-order valence-corrected chi connectivity index (χ1v) is 6.54. The minimum absolute atomic E-state index is 0.109. The van der Waals surface area contributed by atoms with Crippen molar-refractivity contribution in [1.82, 2.24) is 0 Å². The highest BCUT2D eigenvalue weighted by atomic mass is 16.7. The predicted molar refractivity (Wildman–Crippen MR) is 72.2 cm³/mol. The molecule has 1 aromatic carbocycles. The van der Waals surface area contributed by atoms with Gasteiger partial charge in [-0.2, -0.15) is 5.26 Å². The number of aliphatic hydroxyl groups excluding tert-OH is 4. The largest absolute Gasteiger partial charge is 0.461 e. The zero-order valence-corrected chi connectivity index (χ0v) is 11.6. The van der Waals surface area contributed by atoms with E-state index in [9.17, 15) is 25.4 Å². The van der Waals surface area contributed by atoms with Gasteiger partial charge in [-0.05, 0) is 6.07 Å². The summed E-state index contributed by atoms with van der Waals surface area (Å²) in [5.74, 6) is -0.109. The minimum Gasteiger partial charge on any atom is -0.461 e. The van der Waals surface area contributed by atoms with Crippen molar-refractivity contribution in [3.63, 3.8) is 0 Å². The molecule has 1 heterocycles. The van der Waals surface area contributed by atoms with Crippen LogP contribution >= 0.6 is 0 Å². The number of non-ortho nitro benzene ring substituents is 1. The second-order valence-corrected chi connectivity index (χ2v) is 4.86. The molecule has 0 radical (unpaired) electrons. The summed E-state index contributed by atoms with van der Waals surface area (Å²) in [6, 6.07) is 4.95. The minimum atomic E-state index is -1.64. The number of ether oxygens (including phenoxy) is 2. The summed E-state index contributed by atoms with van der Waals surface area (Å²) >= 11 is 0. The van der Waals surface area contributed by atoms with Crippen molar-refractivity contribution in [2.24, 2.45) is 0 Å². The molecule has 10 nitrogen and oxygen atoms in total. The highest BCUT2D eigenvalue weighted by molar-refractivity contribution is 5.50. The van der Waals surface area contributed by atoms with Crippen molar-refractivity contribution in [1.29, 1.82) is 5.26 Å². The molecular formula is C13H14N2O8. The molecule has 0 aromatic heterocycles. The molecule has 1 aliphatic heterocycles. The topological polar surface area (TPSA) is 166 Å². The zero-order chi connectivity index (χ0) is 17.1. The third-order valence-electron chi connectivity index (χ3n) is 3.39. The Labute approximate surface area is 129 Å². The van der Waals surface area contributed by atoms with Crippen LogP contribution in [0.25, 0.3) is 0 Å². The second kappa shape index (κ2) is 6.86. The van der Waals surface area contributed by atoms with Crippen molar-refractivity contribution in [3.05, 3.63) is 33.9 Å². The van der Waals surface area contributed by atoms with Gasteiger partial charge in [-0.15, -0.1) is 0 Å². The summed E-state index contributed by atoms with van der Waals surface area (Å²) in [4.78, 5) is 10.0. The van der Waals surface area contributed by atoms with Crippen LogP contribution in [0.15, 0.2) is 18.2 Å². The Bertz CT molecular complexity index is 629. The van der Waals surface area contributed by atoms with Crippen molar-refractivity contribution in [2.75, 3.05) is 6.61 Å². The number of nitrogens with zero attached hydrogens (tertiary/aromatic N) is 2. The van der Waals surface area contributed by atoms with Gasteiger partial charge in [0.2, 0.25) is 6.29 Å². The predicted octanol–water partition coefficient (Wildman–Crippen LogP) is -1.35. The smallest absolute Gasteiger partial charge is 0.271 e. The fraction of sp³-hybridized carbons (Fsp3) is 0.462. The molecular weight excluding hydrogens is 312 g/mol. The first-order valence-electron chi connectivity index (χ1n) is 6.54. The third-order valence-corrected chi connectivity index (χ3v) is 3.39. The van der Waals surface area contributed by atoms with Crippen molar-refractivity contribution in [2.45, 2.75) is 30.7 Å². The van der Waals surface area contributed by atoms with Crippen LogP contribution < -0.4 is 4.74 Å². The molecule has 2 rings (SSSR count). The Kier molecular flexibility index (Phi) is 5.09. The van der Waals surface area contributed by atoms with Gasteiger partial charge in [0.05, 0.1) is 11.5 Å². The molecule has 0 bridgehead atoms. The summed E-state index contributed by atoms with van der Waals surface area (Å²) in [6.45, 7) is -0.629. The van der Waals surface area contributed by atoms with Crippen molar-refractivity contribution in [3.8, 4) is 11.8 Å². The molecule has 0 unspecified atom stereocenters. The lowest BCUT2D eigenvalue weighted by atomic mass is 9.99. The monoisotopic (exact) mass is 326 g/mol. The van der Waals surface area contributed by atoms with E-state index in [1.165, 1.54) is 0 Å². The molecule has 4 N–H and O–H groups in total. The van der Waals surface area contributed by atoms with Crippen LogP contribution in [0, 0.1) is 21.4 Å². The number of nitro groups is 1. The molecule has 0 spiro atoms. The summed E-state index contributed by atoms with van der Waals surface area (Å²) in [5.41, 5.74) is -0.487. The molecule has 10 heteroatoms. The van der Waals surface area contributed by atoms with Crippen LogP contribution in [0.4, 0.5) is 5.69 Å². The van der Waals surface area contributed by atoms with Crippen LogP contribution in [0.5, 0.6) is 5.75 Å². The van der Waals surface area contributed by atoms with Gasteiger partial charge in [0.15, 0.2) is 0 Å². The average Bonchev–Trinajstić information content (AvgIpc) is 2.55. The number of aliphatic hydroxyl groups is 4. The van der Waals surface area contributed by atoms with Crippen LogP contribution in [-0.4, -0.2) is 62.7 Å². The maximum Gasteiger partial charge on any atom is 0.271 e. The third kappa shape index (κ3) is 3.39. The Balaban J connectivity index is 2.24. The second-order valence-electron chi connectivity index (χ2n) is 4.86. The Morgan fingerprint density at radius 3 is 2.57 bits per heavy atom. The van der Waals surface area contributed by atoms with Crippen LogP contribution in [0.1, 0.15) is 5.56 Å². The van der Waals surface area contributed by atoms with E-state index >= 15 is 0 Å². The van der Waals surface area contributed by atoms with Gasteiger partial charge in [0, 0.05) is 12.1 Å². The van der Waals surface area contributed by atoms with Crippen LogP contribution in [-0.2, 0) is 4.74 Å². The molecule has 1 saturated heterocycles. The number of hydrogen-bond acceptors (Lipinski definition) is 9. The van der Waals surface area contributed by atoms with Crippen molar-refractivity contribution < 1.29 is 34.8 Å². The highest BCUT2D eigenvalue weighted by Crippen LogP contribution is 2.28. The van der Waals surface area contributed by atoms with Crippen LogP contribution in [0.3, 0.4) is 0 Å². The van der Waals surface area contributed by atoms with E-state index in [-0.39, 0.29) is 17.0 Å². The van der Waals surface area contributed by atoms with E-state index in [1.807, 2.05) is 0 Å². The lowest BCUT2D eigenvalue weighted by Gasteiger charge is -2.39. The van der Waals surface area contributed by atoms with Gasteiger partial charge in [-0.1, -0.05) is 0 Å². The average molecular weight is 326 g/mol. The van der Waals surface area contributed by atoms with E-state index < -0.39 is 42.2 Å². The van der Waals surface area contributed by atoms with E-state index in [2.05, 4.69) is 0 Å². The van der Waals surface area contributed by atoms with Crippen molar-refractivity contribution >= 4 is 5.69 Å². The Hall–Kier alpha value is -2.29. The molecule has 1 aliphatic rings. The number of nitro benzene ring substituents is 1. The molecule has 23 heavy (non-hydrogen) atoms. The number of rotatable bonds is 4. The summed E-state index contributed by atoms with van der Waals surface area (Å²) in [7, 11) is 0. The van der Waals surface area contributed by atoms with E-state index in [4.69, 9.17) is 19.8 Å². The molecule has 0 amide bonds. The van der Waals surface area contributed by atoms with Gasteiger partial charge in [-0.3, -0.25) is 10.1 Å². The molecule has 124 valence electrons. The van der Waals surface area contributed by atoms with Crippen LogP contribution in [0.2, 0.25) is 0 Å². The van der Waals surface area contributed by atoms with Gasteiger partial charge in [-0.25, -0.2) is 0 Å². The molecule has 0 aliphatic carbocycles. The molecule has 0 saturated carbocycles. The molecule has 1 aromatic rings. The number of hydrogen-bond donors (Lipinski definition) is 4. The summed E-state index contributed by atoms with van der Waals surface area (Å²) in [6.07, 6.45) is -7.45. The number of nitriles is 1. The summed E-state index contributed by atoms with van der Waals surface area (Å²) < 4.78 is 10.4. The SMILES string of the molecule is N#Cc1cc([N+](=O)[O-])ccc1O[C@H]1O[C@H](CO)[C@H](O)[C@H](O)[C@H]1O. The first-order chi connectivity index (χ1) is 10.9. The lowest BCUT2D eigenvalue weighted by molar-refractivity contribution is -0.384. The van der Waals surface area contributed by atoms with E-state index in [0.717, 1.165) is 18.2 Å². The van der Waals surface area contributed by atoms with Gasteiger partial charge in [0.1, 0.15) is 41.8 Å². The standard InChI is InChI=1S/C13H14N2O8/c14-4-6-3-7(15(20)21)1-2-8(6)22-13-12(19)11(18)10(17)9(5-16)23-13/h1-3,9-13,16-19H,5H2/t9-,10+,11+,12-,13+/m1/s1. The zero-order valence-electron chi connectivity index (χ0n) is 11.6. The molecule has 5 atom stereocenters. The number of benzene rings is 1. The maximum atomic E-state index is 10.7. The molecule has 1 fully saturated rings. The van der Waals surface area contributed by atoms with E-state index in [1.54, 1.807) is 6.07 Å². The fourth-order valence-electron chi connectivity index (χ4n) is 2.11. The van der Waals surface area contributed by atoms with Gasteiger partial charge in [0.25, 0.3) is 5.69 Å². The lowest BCUT2D eigenvalue weighted by Crippen LogP contribution is -2.60. The first kappa shape index (κ1) is 17.1. The highest BCUT2D eigenvalue weighted by Gasteiger charge is 2.44. The Morgan fingerprint density at radius 2 is 2.00 bits per heavy atom. The Morgan fingerprint density at radius 1 is 1.30 bits per heavy atom. The van der Waals surface area contributed by atoms with E-state index in [0.29, 0.717) is 0 Å².